The summed E-state index contributed by atoms with van der Waals surface area (Å²) in [6.07, 6.45) is 0. The van der Waals surface area contributed by atoms with Gasteiger partial charge in [-0.1, -0.05) is 17.7 Å². The average Bonchev–Trinajstić information content (AvgIpc) is 2.46. The predicted molar refractivity (Wildman–Crippen MR) is 78.7 cm³/mol. The molecule has 2 aromatic rings. The summed E-state index contributed by atoms with van der Waals surface area (Å²) in [5.74, 6) is 0.687. The molecule has 0 aliphatic rings. The molecule has 106 valence electrons. The van der Waals surface area contributed by atoms with Gasteiger partial charge in [0.15, 0.2) is 0 Å². The van der Waals surface area contributed by atoms with Crippen LogP contribution >= 0.6 is 23.2 Å². The normalized spacial score (nSPS) is 12.1. The molecule has 0 saturated heterocycles. The van der Waals surface area contributed by atoms with Gasteiger partial charge in [0.05, 0.1) is 19.6 Å². The maximum atomic E-state index is 13.4. The summed E-state index contributed by atoms with van der Waals surface area (Å²) in [6, 6.07) is 9.35. The zero-order chi connectivity index (χ0) is 14.7. The van der Waals surface area contributed by atoms with E-state index in [2.05, 4.69) is 0 Å². The fourth-order valence-corrected chi connectivity index (χ4v) is 2.48. The number of rotatable bonds is 4. The highest BCUT2D eigenvalue weighted by molar-refractivity contribution is 6.30. The molecule has 2 rings (SSSR count). The van der Waals surface area contributed by atoms with Crippen LogP contribution in [0.2, 0.25) is 5.02 Å². The Balaban J connectivity index is 2.51. The van der Waals surface area contributed by atoms with Gasteiger partial charge in [-0.3, -0.25) is 0 Å². The summed E-state index contributed by atoms with van der Waals surface area (Å²) in [5, 5.41) is -0.0615. The van der Waals surface area contributed by atoms with Crippen molar-refractivity contribution in [3.63, 3.8) is 0 Å². The Morgan fingerprint density at radius 1 is 0.950 bits per heavy atom. The number of halogens is 3. The van der Waals surface area contributed by atoms with Gasteiger partial charge in [-0.25, -0.2) is 4.39 Å². The van der Waals surface area contributed by atoms with E-state index in [0.717, 1.165) is 0 Å². The van der Waals surface area contributed by atoms with Crippen molar-refractivity contribution in [3.8, 4) is 11.5 Å². The molecule has 0 fully saturated rings. The minimum atomic E-state index is -0.604. The average molecular weight is 315 g/mol. The van der Waals surface area contributed by atoms with Crippen LogP contribution < -0.4 is 9.47 Å². The van der Waals surface area contributed by atoms with E-state index in [1.165, 1.54) is 26.4 Å². The predicted octanol–water partition coefficient (Wildman–Crippen LogP) is 4.82. The summed E-state index contributed by atoms with van der Waals surface area (Å²) in [4.78, 5) is 0. The van der Waals surface area contributed by atoms with Gasteiger partial charge < -0.3 is 9.47 Å². The van der Waals surface area contributed by atoms with Crippen LogP contribution in [0.15, 0.2) is 36.4 Å². The van der Waals surface area contributed by atoms with Gasteiger partial charge in [-0.05, 0) is 30.3 Å². The Morgan fingerprint density at radius 2 is 1.65 bits per heavy atom. The topological polar surface area (TPSA) is 18.5 Å². The van der Waals surface area contributed by atoms with Gasteiger partial charge in [0, 0.05) is 16.1 Å². The van der Waals surface area contributed by atoms with Crippen molar-refractivity contribution in [2.24, 2.45) is 0 Å². The van der Waals surface area contributed by atoms with E-state index < -0.39 is 5.38 Å². The highest BCUT2D eigenvalue weighted by atomic mass is 35.5. The third-order valence-corrected chi connectivity index (χ3v) is 3.64. The maximum absolute atomic E-state index is 13.4. The van der Waals surface area contributed by atoms with E-state index in [9.17, 15) is 4.39 Å². The molecule has 0 heterocycles. The SMILES string of the molecule is COc1cc(Cl)ccc1C(Cl)c1cc(F)ccc1OC. The fraction of sp³-hybridized carbons (Fsp3) is 0.200. The van der Waals surface area contributed by atoms with Crippen LogP contribution in [-0.2, 0) is 0 Å². The lowest BCUT2D eigenvalue weighted by molar-refractivity contribution is 0.404. The first-order valence-electron chi connectivity index (χ1n) is 5.87. The summed E-state index contributed by atoms with van der Waals surface area (Å²) < 4.78 is 23.9. The Hall–Kier alpha value is -1.45. The summed E-state index contributed by atoms with van der Waals surface area (Å²) in [7, 11) is 3.04. The van der Waals surface area contributed by atoms with Crippen molar-refractivity contribution >= 4 is 23.2 Å². The van der Waals surface area contributed by atoms with Crippen molar-refractivity contribution in [2.45, 2.75) is 5.38 Å². The van der Waals surface area contributed by atoms with E-state index in [-0.39, 0.29) is 5.82 Å². The first kappa shape index (κ1) is 14.9. The number of hydrogen-bond donors (Lipinski definition) is 0. The van der Waals surface area contributed by atoms with Gasteiger partial charge in [0.2, 0.25) is 0 Å². The van der Waals surface area contributed by atoms with Crippen LogP contribution in [0.3, 0.4) is 0 Å². The monoisotopic (exact) mass is 314 g/mol. The first-order valence-corrected chi connectivity index (χ1v) is 6.69. The molecule has 0 aliphatic heterocycles. The number of alkyl halides is 1. The van der Waals surface area contributed by atoms with Gasteiger partial charge in [0.1, 0.15) is 17.3 Å². The van der Waals surface area contributed by atoms with Crippen LogP contribution in [0.25, 0.3) is 0 Å². The highest BCUT2D eigenvalue weighted by Gasteiger charge is 2.20. The number of benzene rings is 2. The van der Waals surface area contributed by atoms with Gasteiger partial charge in [-0.15, -0.1) is 11.6 Å². The molecule has 20 heavy (non-hydrogen) atoms. The highest BCUT2D eigenvalue weighted by Crippen LogP contribution is 2.40. The Bertz CT molecular complexity index is 617. The lowest BCUT2D eigenvalue weighted by Gasteiger charge is -2.17. The molecular formula is C15H13Cl2FO2. The molecule has 0 amide bonds. The molecule has 2 nitrogen and oxygen atoms in total. The number of hydrogen-bond acceptors (Lipinski definition) is 2. The Labute approximate surface area is 127 Å². The molecule has 1 atom stereocenters. The zero-order valence-electron chi connectivity index (χ0n) is 11.0. The van der Waals surface area contributed by atoms with Crippen LogP contribution in [0.1, 0.15) is 16.5 Å². The second-order valence-electron chi connectivity index (χ2n) is 4.14. The van der Waals surface area contributed by atoms with E-state index in [4.69, 9.17) is 32.7 Å². The second kappa shape index (κ2) is 6.33. The lowest BCUT2D eigenvalue weighted by Crippen LogP contribution is -2.01. The van der Waals surface area contributed by atoms with Crippen molar-refractivity contribution in [1.82, 2.24) is 0 Å². The molecule has 1 unspecified atom stereocenters. The van der Waals surface area contributed by atoms with Crippen molar-refractivity contribution in [3.05, 3.63) is 58.4 Å². The minimum Gasteiger partial charge on any atom is -0.496 e. The van der Waals surface area contributed by atoms with Gasteiger partial charge in [-0.2, -0.15) is 0 Å². The largest absolute Gasteiger partial charge is 0.496 e. The second-order valence-corrected chi connectivity index (χ2v) is 5.01. The molecule has 5 heteroatoms. The van der Waals surface area contributed by atoms with Gasteiger partial charge >= 0.3 is 0 Å². The van der Waals surface area contributed by atoms with Gasteiger partial charge in [0.25, 0.3) is 0 Å². The third-order valence-electron chi connectivity index (χ3n) is 2.93. The number of methoxy groups -OCH3 is 2. The molecule has 0 radical (unpaired) electrons. The van der Waals surface area contributed by atoms with Crippen LogP contribution in [-0.4, -0.2) is 14.2 Å². The summed E-state index contributed by atoms with van der Waals surface area (Å²) in [5.41, 5.74) is 1.23. The van der Waals surface area contributed by atoms with E-state index in [0.29, 0.717) is 27.6 Å². The molecule has 2 aromatic carbocycles. The standard InChI is InChI=1S/C15H13Cl2FO2/c1-19-13-6-4-10(18)8-12(13)15(17)11-5-3-9(16)7-14(11)20-2/h3-8,15H,1-2H3. The van der Waals surface area contributed by atoms with E-state index in [1.54, 1.807) is 24.3 Å². The Morgan fingerprint density at radius 3 is 2.30 bits per heavy atom. The molecule has 0 spiro atoms. The van der Waals surface area contributed by atoms with Crippen LogP contribution in [0.5, 0.6) is 11.5 Å². The van der Waals surface area contributed by atoms with Crippen LogP contribution in [0, 0.1) is 5.82 Å². The van der Waals surface area contributed by atoms with Crippen molar-refractivity contribution in [1.29, 1.82) is 0 Å². The fourth-order valence-electron chi connectivity index (χ4n) is 1.97. The molecular weight excluding hydrogens is 302 g/mol. The Kier molecular flexibility index (Phi) is 4.73. The maximum Gasteiger partial charge on any atom is 0.125 e. The minimum absolute atomic E-state index is 0.376. The molecule has 0 N–H and O–H groups in total. The summed E-state index contributed by atoms with van der Waals surface area (Å²) >= 11 is 12.4. The molecule has 0 bridgehead atoms. The smallest absolute Gasteiger partial charge is 0.125 e. The van der Waals surface area contributed by atoms with Crippen LogP contribution in [0.4, 0.5) is 4.39 Å². The molecule has 0 saturated carbocycles. The molecule has 0 aromatic heterocycles. The molecule has 0 aliphatic carbocycles. The summed E-state index contributed by atoms with van der Waals surface area (Å²) in [6.45, 7) is 0. The quantitative estimate of drug-likeness (QED) is 0.753. The first-order chi connectivity index (χ1) is 9.56. The number of ether oxygens (including phenoxy) is 2. The third kappa shape index (κ3) is 3.00. The van der Waals surface area contributed by atoms with Crippen molar-refractivity contribution < 1.29 is 13.9 Å². The van der Waals surface area contributed by atoms with E-state index in [1.807, 2.05) is 0 Å². The lowest BCUT2D eigenvalue weighted by atomic mass is 10.0. The van der Waals surface area contributed by atoms with E-state index >= 15 is 0 Å². The van der Waals surface area contributed by atoms with Crippen molar-refractivity contribution in [2.75, 3.05) is 14.2 Å². The zero-order valence-corrected chi connectivity index (χ0v) is 12.5.